The van der Waals surface area contributed by atoms with Gasteiger partial charge in [0.25, 0.3) is 0 Å². The Hall–Kier alpha value is -2.31. The minimum absolute atomic E-state index is 0.254. The average molecular weight is 350 g/mol. The van der Waals surface area contributed by atoms with Crippen molar-refractivity contribution in [1.29, 1.82) is 0 Å². The van der Waals surface area contributed by atoms with Crippen molar-refractivity contribution < 1.29 is 13.5 Å². The van der Waals surface area contributed by atoms with Gasteiger partial charge < -0.3 is 10.1 Å². The lowest BCUT2D eigenvalue weighted by Gasteiger charge is -2.20. The summed E-state index contributed by atoms with van der Waals surface area (Å²) >= 11 is 5.98. The van der Waals surface area contributed by atoms with Gasteiger partial charge in [-0.05, 0) is 35.9 Å². The first kappa shape index (κ1) is 16.5. The minimum atomic E-state index is -0.908. The molecule has 1 heterocycles. The number of ether oxygens (including phenoxy) is 1. The molecule has 0 radical (unpaired) electrons. The Kier molecular flexibility index (Phi) is 4.87. The summed E-state index contributed by atoms with van der Waals surface area (Å²) in [6, 6.07) is 8.61. The molecule has 7 heteroatoms. The van der Waals surface area contributed by atoms with Crippen LogP contribution in [0.15, 0.2) is 42.7 Å². The predicted molar refractivity (Wildman–Crippen MR) is 89.1 cm³/mol. The average Bonchev–Trinajstić information content (AvgIpc) is 2.57. The zero-order valence-corrected chi connectivity index (χ0v) is 13.5. The number of hydrogen-bond acceptors (Lipinski definition) is 4. The van der Waals surface area contributed by atoms with Crippen LogP contribution in [0.1, 0.15) is 11.6 Å². The number of halogens is 3. The molecule has 24 heavy (non-hydrogen) atoms. The van der Waals surface area contributed by atoms with Crippen LogP contribution in [-0.4, -0.2) is 23.7 Å². The Morgan fingerprint density at radius 1 is 1.12 bits per heavy atom. The molecule has 2 aromatic carbocycles. The van der Waals surface area contributed by atoms with Crippen molar-refractivity contribution in [3.8, 4) is 0 Å². The van der Waals surface area contributed by atoms with E-state index in [0.717, 1.165) is 17.5 Å². The molecule has 4 nitrogen and oxygen atoms in total. The molecule has 1 N–H and O–H groups in total. The van der Waals surface area contributed by atoms with Crippen LogP contribution in [0.4, 0.5) is 14.6 Å². The van der Waals surface area contributed by atoms with E-state index in [2.05, 4.69) is 15.3 Å². The third kappa shape index (κ3) is 3.44. The number of hydrogen-bond donors (Lipinski definition) is 1. The summed E-state index contributed by atoms with van der Waals surface area (Å²) in [5.74, 6) is -1.24. The fraction of sp³-hybridized carbons (Fsp3) is 0.176. The van der Waals surface area contributed by atoms with Crippen molar-refractivity contribution in [2.24, 2.45) is 0 Å². The van der Waals surface area contributed by atoms with E-state index < -0.39 is 17.7 Å². The van der Waals surface area contributed by atoms with Crippen LogP contribution < -0.4 is 5.32 Å². The molecule has 0 aliphatic heterocycles. The molecule has 0 saturated carbocycles. The van der Waals surface area contributed by atoms with Crippen molar-refractivity contribution in [1.82, 2.24) is 9.97 Å². The lowest BCUT2D eigenvalue weighted by atomic mass is 10.1. The van der Waals surface area contributed by atoms with E-state index in [0.29, 0.717) is 21.9 Å². The van der Waals surface area contributed by atoms with Gasteiger partial charge in [0.2, 0.25) is 0 Å². The highest BCUT2D eigenvalue weighted by atomic mass is 35.5. The summed E-state index contributed by atoms with van der Waals surface area (Å²) in [6.45, 7) is 0.254. The van der Waals surface area contributed by atoms with Crippen LogP contribution in [0.5, 0.6) is 0 Å². The highest BCUT2D eigenvalue weighted by molar-refractivity contribution is 6.31. The SMILES string of the molecule is COCC(Nc1ncnc2cc(Cl)ccc12)c1ccc(F)c(F)c1. The lowest BCUT2D eigenvalue weighted by Crippen LogP contribution is -2.17. The van der Waals surface area contributed by atoms with Crippen LogP contribution in [0.3, 0.4) is 0 Å². The summed E-state index contributed by atoms with van der Waals surface area (Å²) in [5, 5.41) is 4.54. The number of anilines is 1. The van der Waals surface area contributed by atoms with Crippen molar-refractivity contribution in [3.05, 3.63) is 64.9 Å². The van der Waals surface area contributed by atoms with Crippen molar-refractivity contribution in [2.45, 2.75) is 6.04 Å². The van der Waals surface area contributed by atoms with Gasteiger partial charge in [-0.3, -0.25) is 0 Å². The highest BCUT2D eigenvalue weighted by Gasteiger charge is 2.16. The highest BCUT2D eigenvalue weighted by Crippen LogP contribution is 2.27. The molecule has 0 bridgehead atoms. The molecular weight excluding hydrogens is 336 g/mol. The van der Waals surface area contributed by atoms with E-state index in [1.807, 2.05) is 0 Å². The summed E-state index contributed by atoms with van der Waals surface area (Å²) in [4.78, 5) is 8.41. The van der Waals surface area contributed by atoms with Crippen LogP contribution >= 0.6 is 11.6 Å². The minimum Gasteiger partial charge on any atom is -0.382 e. The zero-order valence-electron chi connectivity index (χ0n) is 12.8. The van der Waals surface area contributed by atoms with Gasteiger partial charge in [-0.15, -0.1) is 0 Å². The molecular formula is C17H14ClF2N3O. The quantitative estimate of drug-likeness (QED) is 0.743. The number of aromatic nitrogens is 2. The third-order valence-corrected chi connectivity index (χ3v) is 3.82. The Morgan fingerprint density at radius 2 is 1.96 bits per heavy atom. The topological polar surface area (TPSA) is 47.0 Å². The number of benzene rings is 2. The second kappa shape index (κ2) is 7.07. The first-order chi connectivity index (χ1) is 11.6. The molecule has 0 spiro atoms. The number of methoxy groups -OCH3 is 1. The number of nitrogens with one attached hydrogen (secondary N) is 1. The van der Waals surface area contributed by atoms with Crippen LogP contribution in [0, 0.1) is 11.6 Å². The molecule has 0 fully saturated rings. The lowest BCUT2D eigenvalue weighted by molar-refractivity contribution is 0.186. The molecule has 3 aromatic rings. The van der Waals surface area contributed by atoms with Crippen LogP contribution in [0.2, 0.25) is 5.02 Å². The van der Waals surface area contributed by atoms with Crippen LogP contribution in [-0.2, 0) is 4.74 Å². The standard InChI is InChI=1S/C17H14ClF2N3O/c1-24-8-16(10-2-5-13(19)14(20)6-10)23-17-12-4-3-11(18)7-15(12)21-9-22-17/h2-7,9,16H,8H2,1H3,(H,21,22,23). The normalized spacial score (nSPS) is 12.3. The van der Waals surface area contributed by atoms with Crippen molar-refractivity contribution in [3.63, 3.8) is 0 Å². The van der Waals surface area contributed by atoms with E-state index in [4.69, 9.17) is 16.3 Å². The summed E-state index contributed by atoms with van der Waals surface area (Å²) in [7, 11) is 1.53. The first-order valence-electron chi connectivity index (χ1n) is 7.19. The number of nitrogens with zero attached hydrogens (tertiary/aromatic N) is 2. The van der Waals surface area contributed by atoms with Gasteiger partial charge in [0, 0.05) is 17.5 Å². The maximum Gasteiger partial charge on any atom is 0.159 e. The monoisotopic (exact) mass is 349 g/mol. The van der Waals surface area contributed by atoms with E-state index in [9.17, 15) is 8.78 Å². The van der Waals surface area contributed by atoms with E-state index in [1.54, 1.807) is 18.2 Å². The second-order valence-electron chi connectivity index (χ2n) is 5.21. The third-order valence-electron chi connectivity index (χ3n) is 3.59. The molecule has 0 saturated heterocycles. The maximum absolute atomic E-state index is 13.5. The Labute approximate surface area is 142 Å². The van der Waals surface area contributed by atoms with Gasteiger partial charge in [-0.2, -0.15) is 0 Å². The molecule has 0 aliphatic rings. The van der Waals surface area contributed by atoms with Crippen molar-refractivity contribution >= 4 is 28.3 Å². The molecule has 3 rings (SSSR count). The fourth-order valence-corrected chi connectivity index (χ4v) is 2.59. The molecule has 0 aliphatic carbocycles. The molecule has 124 valence electrons. The molecule has 1 aromatic heterocycles. The second-order valence-corrected chi connectivity index (χ2v) is 5.65. The van der Waals surface area contributed by atoms with Gasteiger partial charge in [-0.25, -0.2) is 18.7 Å². The summed E-state index contributed by atoms with van der Waals surface area (Å²) in [5.41, 5.74) is 1.23. The number of fused-ring (bicyclic) bond motifs is 1. The summed E-state index contributed by atoms with van der Waals surface area (Å²) in [6.07, 6.45) is 1.41. The molecule has 1 unspecified atom stereocenters. The maximum atomic E-state index is 13.5. The van der Waals surface area contributed by atoms with Gasteiger partial charge in [0.05, 0.1) is 18.2 Å². The summed E-state index contributed by atoms with van der Waals surface area (Å²) < 4.78 is 31.9. The van der Waals surface area contributed by atoms with E-state index in [-0.39, 0.29) is 6.61 Å². The molecule has 0 amide bonds. The number of rotatable bonds is 5. The largest absolute Gasteiger partial charge is 0.382 e. The fourth-order valence-electron chi connectivity index (χ4n) is 2.43. The Balaban J connectivity index is 1.98. The predicted octanol–water partition coefficient (Wildman–Crippen LogP) is 4.36. The Bertz CT molecular complexity index is 876. The molecule has 1 atom stereocenters. The van der Waals surface area contributed by atoms with Gasteiger partial charge in [0.1, 0.15) is 12.1 Å². The smallest absolute Gasteiger partial charge is 0.159 e. The Morgan fingerprint density at radius 3 is 2.71 bits per heavy atom. The van der Waals surface area contributed by atoms with Gasteiger partial charge >= 0.3 is 0 Å². The van der Waals surface area contributed by atoms with Crippen LogP contribution in [0.25, 0.3) is 10.9 Å². The zero-order chi connectivity index (χ0) is 17.1. The van der Waals surface area contributed by atoms with E-state index in [1.165, 1.54) is 19.5 Å². The van der Waals surface area contributed by atoms with E-state index >= 15 is 0 Å². The van der Waals surface area contributed by atoms with Gasteiger partial charge in [0.15, 0.2) is 11.6 Å². The van der Waals surface area contributed by atoms with Crippen molar-refractivity contribution in [2.75, 3.05) is 19.0 Å². The van der Waals surface area contributed by atoms with Gasteiger partial charge in [-0.1, -0.05) is 17.7 Å². The first-order valence-corrected chi connectivity index (χ1v) is 7.57.